The van der Waals surface area contributed by atoms with Crippen molar-refractivity contribution >= 4 is 35.4 Å². The van der Waals surface area contributed by atoms with Gasteiger partial charge >= 0.3 is 0 Å². The average molecular weight is 534 g/mol. The summed E-state index contributed by atoms with van der Waals surface area (Å²) in [6.07, 6.45) is 1.46. The second-order valence-corrected chi connectivity index (χ2v) is 8.43. The summed E-state index contributed by atoms with van der Waals surface area (Å²) in [6, 6.07) is 21.6. The predicted octanol–water partition coefficient (Wildman–Crippen LogP) is 6.04. The van der Waals surface area contributed by atoms with Gasteiger partial charge in [-0.2, -0.15) is 10.4 Å². The van der Waals surface area contributed by atoms with Crippen LogP contribution in [0, 0.1) is 11.3 Å². The summed E-state index contributed by atoms with van der Waals surface area (Å²) < 4.78 is 11.7. The highest BCUT2D eigenvalue weighted by molar-refractivity contribution is 6.33. The molecule has 2 N–H and O–H groups in total. The van der Waals surface area contributed by atoms with Crippen LogP contribution < -0.4 is 20.5 Å². The Kier molecular flexibility index (Phi) is 8.41. The van der Waals surface area contributed by atoms with Gasteiger partial charge in [-0.3, -0.25) is 9.78 Å². The number of hydrogen-bond donors (Lipinski definition) is 2. The second kappa shape index (κ2) is 12.1. The van der Waals surface area contributed by atoms with Gasteiger partial charge in [-0.25, -0.2) is 10.4 Å². The molecule has 0 aliphatic rings. The van der Waals surface area contributed by atoms with Crippen molar-refractivity contribution in [2.24, 2.45) is 5.10 Å². The molecule has 0 radical (unpaired) electrons. The first-order chi connectivity index (χ1) is 18.0. The molecule has 0 aliphatic heterocycles. The monoisotopic (exact) mass is 533 g/mol. The summed E-state index contributed by atoms with van der Waals surface area (Å²) in [6.45, 7) is 2.52. The van der Waals surface area contributed by atoms with Crippen molar-refractivity contribution in [2.75, 3.05) is 12.0 Å². The first-order valence-corrected chi connectivity index (χ1v) is 12.0. The maximum Gasteiger partial charge on any atom is 0.270 e. The first-order valence-electron chi connectivity index (χ1n) is 11.2. The van der Waals surface area contributed by atoms with Gasteiger partial charge < -0.3 is 9.47 Å². The molecule has 0 amide bonds. The van der Waals surface area contributed by atoms with Crippen molar-refractivity contribution in [1.29, 1.82) is 5.26 Å². The quantitative estimate of drug-likeness (QED) is 0.200. The zero-order valence-electron chi connectivity index (χ0n) is 19.7. The maximum absolute atomic E-state index is 12.4. The van der Waals surface area contributed by atoms with E-state index < -0.39 is 5.56 Å². The van der Waals surface area contributed by atoms with Crippen molar-refractivity contribution in [2.45, 2.75) is 13.5 Å². The van der Waals surface area contributed by atoms with E-state index in [1.165, 1.54) is 6.21 Å². The van der Waals surface area contributed by atoms with E-state index in [1.807, 2.05) is 37.3 Å². The number of nitriles is 1. The summed E-state index contributed by atoms with van der Waals surface area (Å²) in [4.78, 5) is 19.3. The molecule has 0 unspecified atom stereocenters. The van der Waals surface area contributed by atoms with Crippen LogP contribution in [0.5, 0.6) is 11.5 Å². The number of rotatable bonds is 9. The predicted molar refractivity (Wildman–Crippen MR) is 145 cm³/mol. The van der Waals surface area contributed by atoms with Crippen LogP contribution in [0.25, 0.3) is 11.3 Å². The number of nitrogens with zero attached hydrogens (tertiary/aromatic N) is 3. The zero-order valence-corrected chi connectivity index (χ0v) is 21.2. The molecule has 8 nitrogen and oxygen atoms in total. The Labute approximate surface area is 223 Å². The molecule has 3 aromatic carbocycles. The number of ether oxygens (including phenoxy) is 2. The fourth-order valence-electron chi connectivity index (χ4n) is 3.40. The molecular weight excluding hydrogens is 513 g/mol. The van der Waals surface area contributed by atoms with E-state index >= 15 is 0 Å². The lowest BCUT2D eigenvalue weighted by Crippen LogP contribution is -2.16. The van der Waals surface area contributed by atoms with Gasteiger partial charge in [0.05, 0.1) is 23.5 Å². The lowest BCUT2D eigenvalue weighted by atomic mass is 10.1. The van der Waals surface area contributed by atoms with E-state index in [-0.39, 0.29) is 23.8 Å². The van der Waals surface area contributed by atoms with E-state index in [1.54, 1.807) is 42.5 Å². The number of anilines is 1. The highest BCUT2D eigenvalue weighted by Gasteiger charge is 2.14. The van der Waals surface area contributed by atoms with Crippen LogP contribution >= 0.6 is 23.2 Å². The number of hydrazone groups is 1. The van der Waals surface area contributed by atoms with Crippen LogP contribution in [0.1, 0.15) is 23.6 Å². The number of aromatic nitrogens is 2. The third-order valence-corrected chi connectivity index (χ3v) is 5.85. The van der Waals surface area contributed by atoms with Crippen molar-refractivity contribution in [1.82, 2.24) is 9.97 Å². The van der Waals surface area contributed by atoms with E-state index in [9.17, 15) is 10.1 Å². The van der Waals surface area contributed by atoms with E-state index in [4.69, 9.17) is 32.7 Å². The van der Waals surface area contributed by atoms with Gasteiger partial charge in [0.25, 0.3) is 5.56 Å². The third-order valence-electron chi connectivity index (χ3n) is 5.16. The lowest BCUT2D eigenvalue weighted by molar-refractivity contribution is 0.269. The first kappa shape index (κ1) is 25.8. The number of nitrogens with one attached hydrogen (secondary N) is 2. The minimum Gasteiger partial charge on any atom is -0.490 e. The summed E-state index contributed by atoms with van der Waals surface area (Å²) in [5.74, 6) is 1.01. The van der Waals surface area contributed by atoms with Gasteiger partial charge in [0.2, 0.25) is 5.95 Å². The Morgan fingerprint density at radius 3 is 2.51 bits per heavy atom. The van der Waals surface area contributed by atoms with Crippen LogP contribution in [-0.4, -0.2) is 22.8 Å². The fraction of sp³-hybridized carbons (Fsp3) is 0.111. The van der Waals surface area contributed by atoms with Gasteiger partial charge in [-0.1, -0.05) is 71.7 Å². The SMILES string of the molecule is CCOc1cc(C=NNc2nc(-c3ccccc3)c(C#N)c(=O)[nH]2)c(Cl)cc1OCc1ccccc1Cl. The lowest BCUT2D eigenvalue weighted by Gasteiger charge is -2.14. The molecule has 4 rings (SSSR count). The van der Waals surface area contributed by atoms with E-state index in [0.29, 0.717) is 39.3 Å². The molecule has 0 saturated carbocycles. The van der Waals surface area contributed by atoms with Crippen LogP contribution in [0.4, 0.5) is 5.95 Å². The third kappa shape index (κ3) is 6.28. The van der Waals surface area contributed by atoms with Crippen LogP contribution in [0.3, 0.4) is 0 Å². The fourth-order valence-corrected chi connectivity index (χ4v) is 3.79. The number of H-pyrrole nitrogens is 1. The van der Waals surface area contributed by atoms with Gasteiger partial charge in [0, 0.05) is 27.8 Å². The maximum atomic E-state index is 12.4. The highest BCUT2D eigenvalue weighted by Crippen LogP contribution is 2.34. The Balaban J connectivity index is 1.56. The number of aromatic amines is 1. The van der Waals surface area contributed by atoms with Gasteiger partial charge in [0.15, 0.2) is 11.5 Å². The zero-order chi connectivity index (χ0) is 26.2. The normalized spacial score (nSPS) is 10.8. The standard InChI is InChI=1S/C27H21Cl2N5O3/c1-2-36-23-12-19(22(29)13-24(23)37-16-18-10-6-7-11-21(18)28)15-31-34-27-32-25(17-8-4-3-5-9-17)20(14-30)26(35)33-27/h3-13,15H,2,16H2,1H3,(H2,32,33,34,35). The van der Waals surface area contributed by atoms with Crippen molar-refractivity contribution in [3.8, 4) is 28.8 Å². The Bertz CT molecular complexity index is 1530. The van der Waals surface area contributed by atoms with Crippen molar-refractivity contribution in [3.05, 3.63) is 104 Å². The molecule has 0 saturated heterocycles. The van der Waals surface area contributed by atoms with Gasteiger partial charge in [-0.05, 0) is 19.1 Å². The molecular formula is C27H21Cl2N5O3. The number of hydrogen-bond acceptors (Lipinski definition) is 7. The molecule has 0 bridgehead atoms. The highest BCUT2D eigenvalue weighted by atomic mass is 35.5. The Morgan fingerprint density at radius 2 is 1.78 bits per heavy atom. The molecule has 4 aromatic rings. The molecule has 1 heterocycles. The van der Waals surface area contributed by atoms with Gasteiger partial charge in [0.1, 0.15) is 18.2 Å². The van der Waals surface area contributed by atoms with E-state index in [0.717, 1.165) is 5.56 Å². The van der Waals surface area contributed by atoms with Crippen LogP contribution in [0.15, 0.2) is 76.6 Å². The molecule has 0 atom stereocenters. The summed E-state index contributed by atoms with van der Waals surface area (Å²) in [7, 11) is 0. The Hall–Kier alpha value is -4.32. The minimum absolute atomic E-state index is 0.0694. The van der Waals surface area contributed by atoms with Crippen molar-refractivity contribution < 1.29 is 9.47 Å². The molecule has 186 valence electrons. The molecule has 0 fully saturated rings. The topological polar surface area (TPSA) is 112 Å². The van der Waals surface area contributed by atoms with Crippen LogP contribution in [-0.2, 0) is 6.61 Å². The Morgan fingerprint density at radius 1 is 1.05 bits per heavy atom. The van der Waals surface area contributed by atoms with Crippen LogP contribution in [0.2, 0.25) is 10.0 Å². The van der Waals surface area contributed by atoms with Gasteiger partial charge in [-0.15, -0.1) is 0 Å². The van der Waals surface area contributed by atoms with E-state index in [2.05, 4.69) is 20.5 Å². The molecule has 0 aliphatic carbocycles. The summed E-state index contributed by atoms with van der Waals surface area (Å²) in [5, 5.41) is 14.5. The smallest absolute Gasteiger partial charge is 0.270 e. The summed E-state index contributed by atoms with van der Waals surface area (Å²) in [5.41, 5.74) is 4.28. The number of benzene rings is 3. The molecule has 0 spiro atoms. The average Bonchev–Trinajstić information content (AvgIpc) is 2.90. The summed E-state index contributed by atoms with van der Waals surface area (Å²) >= 11 is 12.7. The molecule has 37 heavy (non-hydrogen) atoms. The van der Waals surface area contributed by atoms with Crippen molar-refractivity contribution in [3.63, 3.8) is 0 Å². The minimum atomic E-state index is -0.578. The molecule has 10 heteroatoms. The molecule has 1 aromatic heterocycles. The largest absolute Gasteiger partial charge is 0.490 e. The number of halogens is 2. The second-order valence-electron chi connectivity index (χ2n) is 7.62.